The van der Waals surface area contributed by atoms with Gasteiger partial charge in [-0.25, -0.2) is 0 Å². The molecule has 0 bridgehead atoms. The van der Waals surface area contributed by atoms with Crippen LogP contribution >= 0.6 is 11.8 Å². The molecule has 2 aromatic heterocycles. The molecule has 0 atom stereocenters. The second-order valence-corrected chi connectivity index (χ2v) is 5.30. The van der Waals surface area contributed by atoms with E-state index < -0.39 is 0 Å². The number of nitrogens with zero attached hydrogens (tertiary/aromatic N) is 4. The van der Waals surface area contributed by atoms with Crippen LogP contribution in [0.1, 0.15) is 0 Å². The number of morpholine rings is 1. The minimum Gasteiger partial charge on any atom is -0.410 e. The van der Waals surface area contributed by atoms with Crippen molar-refractivity contribution < 1.29 is 13.9 Å². The third kappa shape index (κ3) is 3.59. The maximum absolute atomic E-state index is 12.0. The topological polar surface area (TPSA) is 81.3 Å². The molecule has 2 aromatic rings. The van der Waals surface area contributed by atoms with Crippen molar-refractivity contribution >= 4 is 17.7 Å². The molecule has 0 aliphatic carbocycles. The number of pyridine rings is 1. The summed E-state index contributed by atoms with van der Waals surface area (Å²) in [5, 5.41) is 8.22. The van der Waals surface area contributed by atoms with Gasteiger partial charge in [-0.05, 0) is 12.1 Å². The molecule has 1 saturated heterocycles. The molecule has 3 rings (SSSR count). The molecule has 0 unspecified atom stereocenters. The number of carbonyl (C=O) groups is 1. The second kappa shape index (κ2) is 6.68. The first-order chi connectivity index (χ1) is 10.3. The van der Waals surface area contributed by atoms with Crippen LogP contribution in [0.25, 0.3) is 11.6 Å². The Morgan fingerprint density at radius 1 is 1.29 bits per heavy atom. The van der Waals surface area contributed by atoms with Gasteiger partial charge in [0, 0.05) is 19.3 Å². The first-order valence-electron chi connectivity index (χ1n) is 6.56. The summed E-state index contributed by atoms with van der Waals surface area (Å²) in [5.74, 6) is 0.696. The van der Waals surface area contributed by atoms with Gasteiger partial charge >= 0.3 is 0 Å². The summed E-state index contributed by atoms with van der Waals surface area (Å²) in [4.78, 5) is 17.9. The molecule has 0 radical (unpaired) electrons. The van der Waals surface area contributed by atoms with E-state index in [9.17, 15) is 4.79 Å². The molecule has 110 valence electrons. The molecule has 0 saturated carbocycles. The second-order valence-electron chi connectivity index (χ2n) is 4.37. The predicted molar refractivity (Wildman–Crippen MR) is 75.7 cm³/mol. The predicted octanol–water partition coefficient (Wildman–Crippen LogP) is 1.08. The third-order valence-electron chi connectivity index (χ3n) is 2.97. The van der Waals surface area contributed by atoms with Crippen LogP contribution in [0.3, 0.4) is 0 Å². The molecule has 1 amide bonds. The van der Waals surface area contributed by atoms with Crippen LogP contribution in [-0.2, 0) is 9.53 Å². The summed E-state index contributed by atoms with van der Waals surface area (Å²) in [6.07, 6.45) is 1.66. The van der Waals surface area contributed by atoms with Crippen molar-refractivity contribution in [2.45, 2.75) is 5.22 Å². The van der Waals surface area contributed by atoms with Crippen molar-refractivity contribution in [3.63, 3.8) is 0 Å². The van der Waals surface area contributed by atoms with Crippen LogP contribution in [0.5, 0.6) is 0 Å². The van der Waals surface area contributed by atoms with E-state index in [4.69, 9.17) is 9.15 Å². The Labute approximate surface area is 125 Å². The third-order valence-corrected chi connectivity index (χ3v) is 3.78. The van der Waals surface area contributed by atoms with Crippen LogP contribution < -0.4 is 0 Å². The van der Waals surface area contributed by atoms with Gasteiger partial charge in [0.05, 0.1) is 19.0 Å². The van der Waals surface area contributed by atoms with Crippen molar-refractivity contribution in [2.75, 3.05) is 32.1 Å². The van der Waals surface area contributed by atoms with Gasteiger partial charge in [0.1, 0.15) is 5.69 Å². The number of rotatable bonds is 4. The molecule has 0 spiro atoms. The zero-order chi connectivity index (χ0) is 14.5. The van der Waals surface area contributed by atoms with Gasteiger partial charge in [-0.1, -0.05) is 17.8 Å². The van der Waals surface area contributed by atoms with E-state index in [1.54, 1.807) is 17.2 Å². The normalized spacial score (nSPS) is 15.1. The van der Waals surface area contributed by atoms with Gasteiger partial charge in [-0.2, -0.15) is 0 Å². The molecule has 8 heteroatoms. The maximum Gasteiger partial charge on any atom is 0.277 e. The number of amides is 1. The molecule has 0 N–H and O–H groups in total. The molecule has 0 aromatic carbocycles. The highest BCUT2D eigenvalue weighted by molar-refractivity contribution is 7.99. The molecular weight excluding hydrogens is 292 g/mol. The monoisotopic (exact) mass is 306 g/mol. The van der Waals surface area contributed by atoms with Crippen molar-refractivity contribution in [1.82, 2.24) is 20.1 Å². The number of aromatic nitrogens is 3. The summed E-state index contributed by atoms with van der Waals surface area (Å²) in [6.45, 7) is 2.48. The quantitative estimate of drug-likeness (QED) is 0.782. The van der Waals surface area contributed by atoms with Gasteiger partial charge in [-0.15, -0.1) is 10.2 Å². The van der Waals surface area contributed by atoms with Crippen molar-refractivity contribution in [2.24, 2.45) is 0 Å². The first-order valence-corrected chi connectivity index (χ1v) is 7.55. The number of hydrogen-bond acceptors (Lipinski definition) is 7. The number of thioether (sulfide) groups is 1. The lowest BCUT2D eigenvalue weighted by Crippen LogP contribution is -2.41. The highest BCUT2D eigenvalue weighted by Crippen LogP contribution is 2.21. The smallest absolute Gasteiger partial charge is 0.277 e. The van der Waals surface area contributed by atoms with Gasteiger partial charge < -0.3 is 14.1 Å². The summed E-state index contributed by atoms with van der Waals surface area (Å²) in [7, 11) is 0. The van der Waals surface area contributed by atoms with E-state index in [2.05, 4.69) is 15.2 Å². The van der Waals surface area contributed by atoms with Gasteiger partial charge in [0.25, 0.3) is 11.1 Å². The Morgan fingerprint density at radius 2 is 2.14 bits per heavy atom. The SMILES string of the molecule is O=C(CSc1nnc(-c2ccccn2)o1)N1CCOCC1. The maximum atomic E-state index is 12.0. The largest absolute Gasteiger partial charge is 0.410 e. The Morgan fingerprint density at radius 3 is 2.90 bits per heavy atom. The number of carbonyl (C=O) groups excluding carboxylic acids is 1. The van der Waals surface area contributed by atoms with Gasteiger partial charge in [0.2, 0.25) is 5.91 Å². The highest BCUT2D eigenvalue weighted by atomic mass is 32.2. The van der Waals surface area contributed by atoms with Gasteiger partial charge in [0.15, 0.2) is 0 Å². The summed E-state index contributed by atoms with van der Waals surface area (Å²) in [6, 6.07) is 5.46. The van der Waals surface area contributed by atoms with Crippen molar-refractivity contribution in [3.8, 4) is 11.6 Å². The average molecular weight is 306 g/mol. The molecular formula is C13H14N4O3S. The van der Waals surface area contributed by atoms with E-state index in [1.807, 2.05) is 12.1 Å². The number of ether oxygens (including phenoxy) is 1. The fourth-order valence-corrected chi connectivity index (χ4v) is 2.55. The average Bonchev–Trinajstić information content (AvgIpc) is 3.03. The fraction of sp³-hybridized carbons (Fsp3) is 0.385. The molecule has 21 heavy (non-hydrogen) atoms. The molecule has 3 heterocycles. The van der Waals surface area contributed by atoms with Crippen LogP contribution in [-0.4, -0.2) is 58.0 Å². The summed E-state index contributed by atoms with van der Waals surface area (Å²) >= 11 is 1.24. The zero-order valence-electron chi connectivity index (χ0n) is 11.3. The van der Waals surface area contributed by atoms with E-state index in [0.717, 1.165) is 0 Å². The van der Waals surface area contributed by atoms with Crippen LogP contribution in [0.2, 0.25) is 0 Å². The molecule has 1 aliphatic rings. The van der Waals surface area contributed by atoms with Gasteiger partial charge in [-0.3, -0.25) is 9.78 Å². The van der Waals surface area contributed by atoms with E-state index in [-0.39, 0.29) is 11.7 Å². The van der Waals surface area contributed by atoms with E-state index in [0.29, 0.717) is 43.1 Å². The standard InChI is InChI=1S/C13H14N4O3S/c18-11(17-5-7-19-8-6-17)9-21-13-16-15-12(20-13)10-3-1-2-4-14-10/h1-4H,5-9H2. The Bertz CT molecular complexity index is 598. The Hall–Kier alpha value is -1.93. The molecule has 1 fully saturated rings. The minimum atomic E-state index is 0.0564. The lowest BCUT2D eigenvalue weighted by atomic mass is 10.3. The number of hydrogen-bond donors (Lipinski definition) is 0. The fourth-order valence-electron chi connectivity index (χ4n) is 1.89. The summed E-state index contributed by atoms with van der Waals surface area (Å²) in [5.41, 5.74) is 0.622. The minimum absolute atomic E-state index is 0.0564. The highest BCUT2D eigenvalue weighted by Gasteiger charge is 2.18. The molecule has 7 nitrogen and oxygen atoms in total. The van der Waals surface area contributed by atoms with Crippen molar-refractivity contribution in [1.29, 1.82) is 0 Å². The van der Waals surface area contributed by atoms with Crippen LogP contribution in [0.4, 0.5) is 0 Å². The zero-order valence-corrected chi connectivity index (χ0v) is 12.1. The first kappa shape index (κ1) is 14.0. The lowest BCUT2D eigenvalue weighted by molar-refractivity contribution is -0.132. The van der Waals surface area contributed by atoms with E-state index in [1.165, 1.54) is 11.8 Å². The summed E-state index contributed by atoms with van der Waals surface area (Å²) < 4.78 is 10.7. The van der Waals surface area contributed by atoms with Crippen LogP contribution in [0.15, 0.2) is 34.0 Å². The van der Waals surface area contributed by atoms with Crippen molar-refractivity contribution in [3.05, 3.63) is 24.4 Å². The molecule has 1 aliphatic heterocycles. The van der Waals surface area contributed by atoms with E-state index >= 15 is 0 Å². The van der Waals surface area contributed by atoms with Crippen LogP contribution in [0, 0.1) is 0 Å². The Balaban J connectivity index is 1.56. The lowest BCUT2D eigenvalue weighted by Gasteiger charge is -2.26. The Kier molecular flexibility index (Phi) is 4.46.